The maximum atomic E-state index is 5.46. The normalized spacial score (nSPS) is 10.4. The summed E-state index contributed by atoms with van der Waals surface area (Å²) in [5, 5.41) is 9.52. The molecule has 0 heterocycles. The summed E-state index contributed by atoms with van der Waals surface area (Å²) in [6.07, 6.45) is 2.06. The molecule has 0 bridgehead atoms. The monoisotopic (exact) mass is 324 g/mol. The van der Waals surface area contributed by atoms with E-state index in [2.05, 4.69) is 41.2 Å². The minimum Gasteiger partial charge on any atom is -0.332 e. The number of benzene rings is 3. The second-order valence-corrected chi connectivity index (χ2v) is 6.06. The van der Waals surface area contributed by atoms with Crippen molar-refractivity contribution in [3.8, 4) is 0 Å². The van der Waals surface area contributed by atoms with E-state index in [1.165, 1.54) is 10.3 Å². The van der Waals surface area contributed by atoms with Crippen LogP contribution in [-0.4, -0.2) is 11.4 Å². The first kappa shape index (κ1) is 14.9. The standard InChI is InChI=1S/C18H16N2S2/c1-22-17-12-5-4-10-16(17)20-18(21)19-15-11-6-8-13-7-2-3-9-14(13)15/h2-12H,1H3,(H2,19,20,21). The molecule has 0 aliphatic heterocycles. The molecule has 2 nitrogen and oxygen atoms in total. The van der Waals surface area contributed by atoms with Gasteiger partial charge in [-0.05, 0) is 42.1 Å². The topological polar surface area (TPSA) is 24.1 Å². The van der Waals surface area contributed by atoms with Crippen molar-refractivity contribution >= 4 is 51.2 Å². The first-order chi connectivity index (χ1) is 10.8. The lowest BCUT2D eigenvalue weighted by molar-refractivity contribution is 1.44. The van der Waals surface area contributed by atoms with E-state index in [4.69, 9.17) is 12.2 Å². The van der Waals surface area contributed by atoms with Gasteiger partial charge in [0, 0.05) is 16.0 Å². The zero-order valence-corrected chi connectivity index (χ0v) is 13.8. The summed E-state index contributed by atoms with van der Waals surface area (Å²) in [7, 11) is 0. The average Bonchev–Trinajstić information content (AvgIpc) is 2.55. The number of thioether (sulfide) groups is 1. The van der Waals surface area contributed by atoms with Crippen molar-refractivity contribution in [1.29, 1.82) is 0 Å². The summed E-state index contributed by atoms with van der Waals surface area (Å²) < 4.78 is 0. The summed E-state index contributed by atoms with van der Waals surface area (Å²) >= 11 is 7.15. The molecule has 3 aromatic rings. The number of fused-ring (bicyclic) bond motifs is 1. The van der Waals surface area contributed by atoms with E-state index < -0.39 is 0 Å². The van der Waals surface area contributed by atoms with E-state index in [0.29, 0.717) is 5.11 Å². The Kier molecular flexibility index (Phi) is 4.61. The van der Waals surface area contributed by atoms with Crippen LogP contribution in [0.2, 0.25) is 0 Å². The molecule has 0 spiro atoms. The van der Waals surface area contributed by atoms with Gasteiger partial charge >= 0.3 is 0 Å². The van der Waals surface area contributed by atoms with Crippen LogP contribution in [-0.2, 0) is 0 Å². The molecule has 3 aromatic carbocycles. The van der Waals surface area contributed by atoms with Crippen LogP contribution in [0.5, 0.6) is 0 Å². The van der Waals surface area contributed by atoms with Gasteiger partial charge in [-0.1, -0.05) is 48.5 Å². The molecular formula is C18H16N2S2. The van der Waals surface area contributed by atoms with E-state index >= 15 is 0 Å². The minimum atomic E-state index is 0.595. The molecule has 0 fully saturated rings. The van der Waals surface area contributed by atoms with Crippen molar-refractivity contribution in [3.63, 3.8) is 0 Å². The summed E-state index contributed by atoms with van der Waals surface area (Å²) in [6, 6.07) is 22.6. The molecule has 110 valence electrons. The van der Waals surface area contributed by atoms with Crippen LogP contribution in [0.25, 0.3) is 10.8 Å². The summed E-state index contributed by atoms with van der Waals surface area (Å²) in [4.78, 5) is 1.17. The third-order valence-electron chi connectivity index (χ3n) is 3.39. The number of para-hydroxylation sites is 1. The van der Waals surface area contributed by atoms with Gasteiger partial charge in [-0.15, -0.1) is 11.8 Å². The molecule has 0 aromatic heterocycles. The molecule has 2 N–H and O–H groups in total. The Morgan fingerprint density at radius 1 is 0.818 bits per heavy atom. The van der Waals surface area contributed by atoms with E-state index in [1.807, 2.05) is 42.5 Å². The number of rotatable bonds is 3. The lowest BCUT2D eigenvalue weighted by Gasteiger charge is -2.14. The molecule has 0 amide bonds. The SMILES string of the molecule is CSc1ccccc1NC(=S)Nc1cccc2ccccc12. The molecule has 22 heavy (non-hydrogen) atoms. The average molecular weight is 324 g/mol. The predicted octanol–water partition coefficient (Wildman–Crippen LogP) is 5.37. The van der Waals surface area contributed by atoms with Gasteiger partial charge in [0.2, 0.25) is 0 Å². The smallest absolute Gasteiger partial charge is 0.175 e. The molecular weight excluding hydrogens is 308 g/mol. The maximum absolute atomic E-state index is 5.46. The summed E-state index contributed by atoms with van der Waals surface area (Å²) in [6.45, 7) is 0. The highest BCUT2D eigenvalue weighted by molar-refractivity contribution is 7.98. The second-order valence-electron chi connectivity index (χ2n) is 4.81. The predicted molar refractivity (Wildman–Crippen MR) is 102 cm³/mol. The van der Waals surface area contributed by atoms with Crippen molar-refractivity contribution in [2.45, 2.75) is 4.90 Å². The summed E-state index contributed by atoms with van der Waals surface area (Å²) in [5.74, 6) is 0. The zero-order chi connectivity index (χ0) is 15.4. The van der Waals surface area contributed by atoms with Crippen LogP contribution >= 0.6 is 24.0 Å². The highest BCUT2D eigenvalue weighted by atomic mass is 32.2. The quantitative estimate of drug-likeness (QED) is 0.499. The number of thiocarbonyl (C=S) groups is 1. The van der Waals surface area contributed by atoms with Gasteiger partial charge in [0.05, 0.1) is 5.69 Å². The molecule has 4 heteroatoms. The van der Waals surface area contributed by atoms with Crippen molar-refractivity contribution in [2.24, 2.45) is 0 Å². The van der Waals surface area contributed by atoms with Gasteiger partial charge in [-0.25, -0.2) is 0 Å². The third kappa shape index (κ3) is 3.24. The van der Waals surface area contributed by atoms with Crippen molar-refractivity contribution in [1.82, 2.24) is 0 Å². The summed E-state index contributed by atoms with van der Waals surface area (Å²) in [5.41, 5.74) is 2.03. The van der Waals surface area contributed by atoms with E-state index in [1.54, 1.807) is 11.8 Å². The Morgan fingerprint density at radius 2 is 1.45 bits per heavy atom. The van der Waals surface area contributed by atoms with Crippen molar-refractivity contribution in [2.75, 3.05) is 16.9 Å². The number of hydrogen-bond donors (Lipinski definition) is 2. The minimum absolute atomic E-state index is 0.595. The van der Waals surface area contributed by atoms with Crippen LogP contribution in [0.1, 0.15) is 0 Å². The van der Waals surface area contributed by atoms with Gasteiger partial charge in [0.25, 0.3) is 0 Å². The Bertz CT molecular complexity index is 810. The van der Waals surface area contributed by atoms with E-state index in [0.717, 1.165) is 16.8 Å². The molecule has 0 unspecified atom stereocenters. The Morgan fingerprint density at radius 3 is 2.32 bits per heavy atom. The Balaban J connectivity index is 1.82. The van der Waals surface area contributed by atoms with Crippen LogP contribution in [0.4, 0.5) is 11.4 Å². The molecule has 0 atom stereocenters. The molecule has 0 aliphatic rings. The largest absolute Gasteiger partial charge is 0.332 e. The van der Waals surface area contributed by atoms with Gasteiger partial charge in [0.15, 0.2) is 5.11 Å². The molecule has 0 saturated heterocycles. The van der Waals surface area contributed by atoms with Gasteiger partial charge in [-0.2, -0.15) is 0 Å². The van der Waals surface area contributed by atoms with Crippen molar-refractivity contribution < 1.29 is 0 Å². The molecule has 0 radical (unpaired) electrons. The highest BCUT2D eigenvalue weighted by Crippen LogP contribution is 2.26. The first-order valence-electron chi connectivity index (χ1n) is 6.97. The van der Waals surface area contributed by atoms with E-state index in [-0.39, 0.29) is 0 Å². The van der Waals surface area contributed by atoms with Crippen LogP contribution in [0.15, 0.2) is 71.6 Å². The van der Waals surface area contributed by atoms with Crippen LogP contribution in [0, 0.1) is 0 Å². The maximum Gasteiger partial charge on any atom is 0.175 e. The number of anilines is 2. The fourth-order valence-electron chi connectivity index (χ4n) is 2.36. The number of hydrogen-bond acceptors (Lipinski definition) is 2. The highest BCUT2D eigenvalue weighted by Gasteiger charge is 2.05. The number of nitrogens with one attached hydrogen (secondary N) is 2. The first-order valence-corrected chi connectivity index (χ1v) is 8.60. The van der Waals surface area contributed by atoms with Gasteiger partial charge < -0.3 is 10.6 Å². The fourth-order valence-corrected chi connectivity index (χ4v) is 3.13. The third-order valence-corrected chi connectivity index (χ3v) is 4.39. The molecule has 0 saturated carbocycles. The molecule has 0 aliphatic carbocycles. The van der Waals surface area contributed by atoms with Gasteiger partial charge in [-0.3, -0.25) is 0 Å². The molecule has 3 rings (SSSR count). The lowest BCUT2D eigenvalue weighted by Crippen LogP contribution is -2.19. The van der Waals surface area contributed by atoms with E-state index in [9.17, 15) is 0 Å². The van der Waals surface area contributed by atoms with Crippen LogP contribution < -0.4 is 10.6 Å². The Hall–Kier alpha value is -2.04. The van der Waals surface area contributed by atoms with Crippen molar-refractivity contribution in [3.05, 3.63) is 66.7 Å². The lowest BCUT2D eigenvalue weighted by atomic mass is 10.1. The van der Waals surface area contributed by atoms with Crippen LogP contribution in [0.3, 0.4) is 0 Å². The second kappa shape index (κ2) is 6.81. The zero-order valence-electron chi connectivity index (χ0n) is 12.2. The fraction of sp³-hybridized carbons (Fsp3) is 0.0556. The van der Waals surface area contributed by atoms with Gasteiger partial charge in [0.1, 0.15) is 0 Å². The Labute approximate surface area is 139 Å².